The van der Waals surface area contributed by atoms with E-state index in [0.29, 0.717) is 12.1 Å². The van der Waals surface area contributed by atoms with Crippen molar-refractivity contribution >= 4 is 5.91 Å². The Kier molecular flexibility index (Phi) is 3.85. The molecule has 1 amide bonds. The Balaban J connectivity index is 1.59. The molecule has 2 saturated heterocycles. The van der Waals surface area contributed by atoms with Crippen molar-refractivity contribution in [2.24, 2.45) is 0 Å². The monoisotopic (exact) mass is 252 g/mol. The third-order valence-corrected chi connectivity index (χ3v) is 4.31. The van der Waals surface area contributed by atoms with Gasteiger partial charge in [0, 0.05) is 25.2 Å². The number of carbonyl (C=O) groups excluding carboxylic acids is 1. The van der Waals surface area contributed by atoms with E-state index in [2.05, 4.69) is 10.2 Å². The van der Waals surface area contributed by atoms with E-state index in [1.165, 1.54) is 25.7 Å². The molecular formula is C14H24N2O2. The highest BCUT2D eigenvalue weighted by molar-refractivity contribution is 5.81. The smallest absolute Gasteiger partial charge is 0.252 e. The topological polar surface area (TPSA) is 41.6 Å². The fraction of sp³-hybridized carbons (Fsp3) is 0.929. The van der Waals surface area contributed by atoms with E-state index >= 15 is 0 Å². The molecule has 3 aliphatic rings. The molecule has 0 radical (unpaired) electrons. The van der Waals surface area contributed by atoms with Gasteiger partial charge in [-0.25, -0.2) is 0 Å². The van der Waals surface area contributed by atoms with Crippen molar-refractivity contribution in [1.82, 2.24) is 10.2 Å². The molecule has 102 valence electrons. The summed E-state index contributed by atoms with van der Waals surface area (Å²) >= 11 is 0. The highest BCUT2D eigenvalue weighted by Gasteiger charge is 2.38. The molecule has 0 spiro atoms. The minimum atomic E-state index is -0.152. The number of amides is 1. The number of hydrogen-bond donors (Lipinski definition) is 1. The predicted octanol–water partition coefficient (Wildman–Crippen LogP) is 1.30. The first kappa shape index (κ1) is 12.4. The van der Waals surface area contributed by atoms with Crippen molar-refractivity contribution in [3.63, 3.8) is 0 Å². The Morgan fingerprint density at radius 3 is 2.67 bits per heavy atom. The number of rotatable bonds is 4. The van der Waals surface area contributed by atoms with Crippen LogP contribution in [0.1, 0.15) is 44.9 Å². The number of ether oxygens (including phenoxy) is 1. The summed E-state index contributed by atoms with van der Waals surface area (Å²) in [6, 6.07) is 1.02. The Morgan fingerprint density at radius 1 is 1.17 bits per heavy atom. The van der Waals surface area contributed by atoms with Crippen LogP contribution in [-0.2, 0) is 9.53 Å². The number of hydrogen-bond acceptors (Lipinski definition) is 3. The molecule has 0 unspecified atom stereocenters. The molecule has 1 saturated carbocycles. The molecule has 2 heterocycles. The lowest BCUT2D eigenvalue weighted by Crippen LogP contribution is -2.48. The zero-order valence-electron chi connectivity index (χ0n) is 11.1. The second-order valence-corrected chi connectivity index (χ2v) is 5.87. The SMILES string of the molecule is O=C([C@H]1CCCCO1)N(C[C@@H]1CCCN1)C1CC1. The minimum Gasteiger partial charge on any atom is -0.368 e. The maximum Gasteiger partial charge on any atom is 0.252 e. The van der Waals surface area contributed by atoms with Crippen LogP contribution < -0.4 is 5.32 Å². The largest absolute Gasteiger partial charge is 0.368 e. The van der Waals surface area contributed by atoms with Crippen LogP contribution in [0.3, 0.4) is 0 Å². The van der Waals surface area contributed by atoms with Crippen molar-refractivity contribution in [1.29, 1.82) is 0 Å². The molecule has 0 aromatic carbocycles. The van der Waals surface area contributed by atoms with Crippen LogP contribution in [0.25, 0.3) is 0 Å². The van der Waals surface area contributed by atoms with E-state index in [-0.39, 0.29) is 12.0 Å². The van der Waals surface area contributed by atoms with E-state index in [9.17, 15) is 4.79 Å². The van der Waals surface area contributed by atoms with Crippen molar-refractivity contribution in [3.8, 4) is 0 Å². The summed E-state index contributed by atoms with van der Waals surface area (Å²) in [6.45, 7) is 2.76. The van der Waals surface area contributed by atoms with Crippen LogP contribution in [0.4, 0.5) is 0 Å². The van der Waals surface area contributed by atoms with Crippen molar-refractivity contribution < 1.29 is 9.53 Å². The predicted molar refractivity (Wildman–Crippen MR) is 69.4 cm³/mol. The Bertz CT molecular complexity index is 292. The molecular weight excluding hydrogens is 228 g/mol. The van der Waals surface area contributed by atoms with Gasteiger partial charge in [0.25, 0.3) is 5.91 Å². The van der Waals surface area contributed by atoms with Crippen LogP contribution in [0.5, 0.6) is 0 Å². The van der Waals surface area contributed by atoms with E-state index in [4.69, 9.17) is 4.74 Å². The normalized spacial score (nSPS) is 32.4. The lowest BCUT2D eigenvalue weighted by molar-refractivity contribution is -0.147. The molecule has 2 aliphatic heterocycles. The molecule has 18 heavy (non-hydrogen) atoms. The summed E-state index contributed by atoms with van der Waals surface area (Å²) < 4.78 is 5.65. The summed E-state index contributed by atoms with van der Waals surface area (Å²) in [5, 5.41) is 3.49. The van der Waals surface area contributed by atoms with Gasteiger partial charge in [-0.3, -0.25) is 4.79 Å². The maximum absolute atomic E-state index is 12.5. The fourth-order valence-electron chi connectivity index (χ4n) is 3.08. The minimum absolute atomic E-state index is 0.152. The zero-order valence-corrected chi connectivity index (χ0v) is 11.1. The summed E-state index contributed by atoms with van der Waals surface area (Å²) in [5.74, 6) is 0.255. The third-order valence-electron chi connectivity index (χ3n) is 4.31. The number of nitrogens with zero attached hydrogens (tertiary/aromatic N) is 1. The second kappa shape index (κ2) is 5.57. The first-order chi connectivity index (χ1) is 8.84. The summed E-state index contributed by atoms with van der Waals surface area (Å²) in [4.78, 5) is 14.7. The van der Waals surface area contributed by atoms with E-state index in [1.54, 1.807) is 0 Å². The molecule has 2 atom stereocenters. The molecule has 0 aromatic rings. The molecule has 0 bridgehead atoms. The van der Waals surface area contributed by atoms with Crippen molar-refractivity contribution in [2.75, 3.05) is 19.7 Å². The van der Waals surface area contributed by atoms with Gasteiger partial charge in [0.05, 0.1) is 0 Å². The molecule has 4 nitrogen and oxygen atoms in total. The molecule has 1 aliphatic carbocycles. The quantitative estimate of drug-likeness (QED) is 0.820. The van der Waals surface area contributed by atoms with Gasteiger partial charge < -0.3 is 15.0 Å². The first-order valence-electron chi connectivity index (χ1n) is 7.50. The molecule has 1 N–H and O–H groups in total. The van der Waals surface area contributed by atoms with Gasteiger partial charge in [0.15, 0.2) is 0 Å². The number of nitrogens with one attached hydrogen (secondary N) is 1. The van der Waals surface area contributed by atoms with Crippen molar-refractivity contribution in [3.05, 3.63) is 0 Å². The molecule has 0 aromatic heterocycles. The van der Waals surface area contributed by atoms with Crippen LogP contribution in [-0.4, -0.2) is 48.7 Å². The van der Waals surface area contributed by atoms with Crippen molar-refractivity contribution in [2.45, 2.75) is 63.1 Å². The second-order valence-electron chi connectivity index (χ2n) is 5.87. The molecule has 4 heteroatoms. The Hall–Kier alpha value is -0.610. The van der Waals surface area contributed by atoms with E-state index in [1.807, 2.05) is 0 Å². The lowest BCUT2D eigenvalue weighted by Gasteiger charge is -2.31. The highest BCUT2D eigenvalue weighted by atomic mass is 16.5. The van der Waals surface area contributed by atoms with Gasteiger partial charge in [0.1, 0.15) is 6.10 Å². The summed E-state index contributed by atoms with van der Waals surface area (Å²) in [6.07, 6.45) is 7.84. The Labute approximate surface area is 109 Å². The van der Waals surface area contributed by atoms with Gasteiger partial charge in [-0.15, -0.1) is 0 Å². The fourth-order valence-corrected chi connectivity index (χ4v) is 3.08. The zero-order chi connectivity index (χ0) is 12.4. The average molecular weight is 252 g/mol. The van der Waals surface area contributed by atoms with Gasteiger partial charge in [-0.2, -0.15) is 0 Å². The van der Waals surface area contributed by atoms with Crippen LogP contribution in [0.2, 0.25) is 0 Å². The van der Waals surface area contributed by atoms with Crippen LogP contribution in [0, 0.1) is 0 Å². The summed E-state index contributed by atoms with van der Waals surface area (Å²) in [5.41, 5.74) is 0. The molecule has 3 fully saturated rings. The van der Waals surface area contributed by atoms with Gasteiger partial charge >= 0.3 is 0 Å². The van der Waals surface area contributed by atoms with E-state index < -0.39 is 0 Å². The van der Waals surface area contributed by atoms with Gasteiger partial charge in [-0.05, 0) is 51.5 Å². The van der Waals surface area contributed by atoms with Gasteiger partial charge in [-0.1, -0.05) is 0 Å². The van der Waals surface area contributed by atoms with E-state index in [0.717, 1.165) is 39.0 Å². The lowest BCUT2D eigenvalue weighted by atomic mass is 10.1. The van der Waals surface area contributed by atoms with Crippen LogP contribution >= 0.6 is 0 Å². The van der Waals surface area contributed by atoms with Gasteiger partial charge in [0.2, 0.25) is 0 Å². The Morgan fingerprint density at radius 2 is 2.06 bits per heavy atom. The first-order valence-corrected chi connectivity index (χ1v) is 7.50. The maximum atomic E-state index is 12.5. The van der Waals surface area contributed by atoms with Crippen LogP contribution in [0.15, 0.2) is 0 Å². The summed E-state index contributed by atoms with van der Waals surface area (Å²) in [7, 11) is 0. The molecule has 3 rings (SSSR count). The standard InChI is InChI=1S/C14H24N2O2/c17-14(13-5-1-2-9-18-13)16(12-6-7-12)10-11-4-3-8-15-11/h11-13,15H,1-10H2/t11-,13+/m0/s1. The highest BCUT2D eigenvalue weighted by Crippen LogP contribution is 2.29. The average Bonchev–Trinajstić information content (AvgIpc) is 3.13. The third kappa shape index (κ3) is 2.86. The number of carbonyl (C=O) groups is 1.